The summed E-state index contributed by atoms with van der Waals surface area (Å²) in [6.45, 7) is 2.74. The first-order valence-corrected chi connectivity index (χ1v) is 6.60. The molecule has 0 saturated heterocycles. The van der Waals surface area contributed by atoms with Gasteiger partial charge in [-0.05, 0) is 17.4 Å². The van der Waals surface area contributed by atoms with Crippen molar-refractivity contribution in [3.8, 4) is 0 Å². The molecule has 2 amide bonds. The van der Waals surface area contributed by atoms with E-state index in [-0.39, 0.29) is 18.4 Å². The Morgan fingerprint density at radius 2 is 2.28 bits per heavy atom. The van der Waals surface area contributed by atoms with Gasteiger partial charge in [0, 0.05) is 24.9 Å². The number of thiophene rings is 1. The predicted octanol–water partition coefficient (Wildman–Crippen LogP) is 2.00. The van der Waals surface area contributed by atoms with Crippen LogP contribution >= 0.6 is 11.3 Å². The van der Waals surface area contributed by atoms with Gasteiger partial charge in [0.1, 0.15) is 0 Å². The topological polar surface area (TPSA) is 69.6 Å². The number of amides is 2. The molecule has 0 spiro atoms. The van der Waals surface area contributed by atoms with Gasteiger partial charge in [-0.25, -0.2) is 4.79 Å². The molecule has 0 saturated carbocycles. The zero-order valence-electron chi connectivity index (χ0n) is 10.5. The molecule has 0 bridgehead atoms. The van der Waals surface area contributed by atoms with Gasteiger partial charge in [0.25, 0.3) is 0 Å². The third-order valence-corrected chi connectivity index (χ3v) is 3.31. The van der Waals surface area contributed by atoms with Crippen LogP contribution in [0.4, 0.5) is 4.79 Å². The van der Waals surface area contributed by atoms with Gasteiger partial charge < -0.3 is 15.3 Å². The number of urea groups is 1. The maximum absolute atomic E-state index is 11.7. The van der Waals surface area contributed by atoms with Crippen molar-refractivity contribution in [2.24, 2.45) is 5.92 Å². The van der Waals surface area contributed by atoms with E-state index in [1.807, 2.05) is 17.5 Å². The highest BCUT2D eigenvalue weighted by molar-refractivity contribution is 7.09. The van der Waals surface area contributed by atoms with E-state index in [1.165, 1.54) is 0 Å². The fourth-order valence-corrected chi connectivity index (χ4v) is 2.23. The molecule has 0 radical (unpaired) electrons. The monoisotopic (exact) mass is 270 g/mol. The fourth-order valence-electron chi connectivity index (χ4n) is 1.47. The molecule has 100 valence electrons. The Balaban J connectivity index is 2.29. The van der Waals surface area contributed by atoms with Crippen LogP contribution in [0.2, 0.25) is 0 Å². The number of carboxylic acid groups (broad SMARTS) is 1. The molecule has 6 heteroatoms. The molecule has 0 aliphatic heterocycles. The van der Waals surface area contributed by atoms with Crippen molar-refractivity contribution in [2.75, 3.05) is 13.6 Å². The van der Waals surface area contributed by atoms with E-state index in [0.717, 1.165) is 4.88 Å². The second-order valence-electron chi connectivity index (χ2n) is 4.32. The van der Waals surface area contributed by atoms with Crippen LogP contribution in [0.5, 0.6) is 0 Å². The van der Waals surface area contributed by atoms with Crippen LogP contribution in [0, 0.1) is 5.92 Å². The molecule has 0 aliphatic carbocycles. The van der Waals surface area contributed by atoms with Crippen molar-refractivity contribution in [1.29, 1.82) is 0 Å². The molecular formula is C12H18N2O3S. The van der Waals surface area contributed by atoms with Crippen LogP contribution in [0.25, 0.3) is 0 Å². The highest BCUT2D eigenvalue weighted by atomic mass is 32.1. The normalized spacial score (nSPS) is 11.9. The first-order chi connectivity index (χ1) is 8.49. The number of nitrogens with zero attached hydrogens (tertiary/aromatic N) is 1. The van der Waals surface area contributed by atoms with Crippen molar-refractivity contribution >= 4 is 23.3 Å². The van der Waals surface area contributed by atoms with Gasteiger partial charge in [0.15, 0.2) is 0 Å². The van der Waals surface area contributed by atoms with Crippen LogP contribution in [0.3, 0.4) is 0 Å². The molecule has 18 heavy (non-hydrogen) atoms. The minimum Gasteiger partial charge on any atom is -0.481 e. The van der Waals surface area contributed by atoms with E-state index in [2.05, 4.69) is 5.32 Å². The summed E-state index contributed by atoms with van der Waals surface area (Å²) in [6, 6.07) is 3.74. The van der Waals surface area contributed by atoms with Gasteiger partial charge in [-0.1, -0.05) is 13.0 Å². The second kappa shape index (κ2) is 7.00. The Morgan fingerprint density at radius 3 is 2.83 bits per heavy atom. The summed E-state index contributed by atoms with van der Waals surface area (Å²) in [5, 5.41) is 13.3. The van der Waals surface area contributed by atoms with Gasteiger partial charge in [-0.3, -0.25) is 4.79 Å². The number of aliphatic carboxylic acids is 1. The third-order valence-electron chi connectivity index (χ3n) is 2.44. The van der Waals surface area contributed by atoms with E-state index < -0.39 is 5.97 Å². The number of nitrogens with one attached hydrogen (secondary N) is 1. The Labute approximate surface area is 110 Å². The molecule has 2 N–H and O–H groups in total. The average Bonchev–Trinajstić information content (AvgIpc) is 2.77. The highest BCUT2D eigenvalue weighted by Gasteiger charge is 2.12. The summed E-state index contributed by atoms with van der Waals surface area (Å²) in [7, 11) is 1.72. The molecule has 1 aromatic rings. The summed E-state index contributed by atoms with van der Waals surface area (Å²) in [4.78, 5) is 24.9. The largest absolute Gasteiger partial charge is 0.481 e. The Morgan fingerprint density at radius 1 is 1.56 bits per heavy atom. The summed E-state index contributed by atoms with van der Waals surface area (Å²) in [6.07, 6.45) is 0.0644. The van der Waals surface area contributed by atoms with Gasteiger partial charge >= 0.3 is 12.0 Å². The molecule has 0 aromatic carbocycles. The van der Waals surface area contributed by atoms with E-state index in [9.17, 15) is 9.59 Å². The van der Waals surface area contributed by atoms with Crippen molar-refractivity contribution in [3.63, 3.8) is 0 Å². The second-order valence-corrected chi connectivity index (χ2v) is 5.36. The minimum absolute atomic E-state index is 0.0644. The first kappa shape index (κ1) is 14.5. The van der Waals surface area contributed by atoms with Gasteiger partial charge in [0.2, 0.25) is 0 Å². The maximum atomic E-state index is 11.7. The number of carbonyl (C=O) groups excluding carboxylic acids is 1. The molecular weight excluding hydrogens is 252 g/mol. The maximum Gasteiger partial charge on any atom is 0.317 e. The number of carboxylic acids is 1. The minimum atomic E-state index is -0.844. The molecule has 1 heterocycles. The standard InChI is InChI=1S/C12H18N2O3S/c1-9(6-11(15)16)7-13-12(17)14(2)8-10-4-3-5-18-10/h3-5,9H,6-8H2,1-2H3,(H,13,17)(H,15,16). The van der Waals surface area contributed by atoms with Crippen LogP contribution in [-0.4, -0.2) is 35.6 Å². The van der Waals surface area contributed by atoms with Gasteiger partial charge in [-0.15, -0.1) is 11.3 Å². The van der Waals surface area contributed by atoms with Crippen LogP contribution in [0.15, 0.2) is 17.5 Å². The third kappa shape index (κ3) is 5.18. The highest BCUT2D eigenvalue weighted by Crippen LogP contribution is 2.10. The molecule has 1 rings (SSSR count). The van der Waals surface area contributed by atoms with Crippen molar-refractivity contribution in [1.82, 2.24) is 10.2 Å². The molecule has 0 aliphatic rings. The zero-order valence-corrected chi connectivity index (χ0v) is 11.4. The lowest BCUT2D eigenvalue weighted by atomic mass is 10.1. The van der Waals surface area contributed by atoms with E-state index in [0.29, 0.717) is 13.1 Å². The molecule has 5 nitrogen and oxygen atoms in total. The number of hydrogen-bond donors (Lipinski definition) is 2. The number of carbonyl (C=O) groups is 2. The Hall–Kier alpha value is -1.56. The molecule has 1 atom stereocenters. The average molecular weight is 270 g/mol. The summed E-state index contributed by atoms with van der Waals surface area (Å²) >= 11 is 1.60. The fraction of sp³-hybridized carbons (Fsp3) is 0.500. The lowest BCUT2D eigenvalue weighted by Gasteiger charge is -2.18. The molecule has 1 aromatic heterocycles. The molecule has 0 fully saturated rings. The van der Waals surface area contributed by atoms with Gasteiger partial charge in [0.05, 0.1) is 6.54 Å². The first-order valence-electron chi connectivity index (χ1n) is 5.72. The van der Waals surface area contributed by atoms with Gasteiger partial charge in [-0.2, -0.15) is 0 Å². The zero-order chi connectivity index (χ0) is 13.5. The Bertz CT molecular complexity index is 392. The van der Waals surface area contributed by atoms with Crippen molar-refractivity contribution < 1.29 is 14.7 Å². The number of rotatable bonds is 6. The van der Waals surface area contributed by atoms with E-state index >= 15 is 0 Å². The predicted molar refractivity (Wildman–Crippen MR) is 70.6 cm³/mol. The van der Waals surface area contributed by atoms with E-state index in [4.69, 9.17) is 5.11 Å². The van der Waals surface area contributed by atoms with Crippen molar-refractivity contribution in [2.45, 2.75) is 19.9 Å². The van der Waals surface area contributed by atoms with Crippen molar-refractivity contribution in [3.05, 3.63) is 22.4 Å². The summed E-state index contributed by atoms with van der Waals surface area (Å²) in [5.41, 5.74) is 0. The summed E-state index contributed by atoms with van der Waals surface area (Å²) in [5.74, 6) is -0.912. The van der Waals surface area contributed by atoms with Crippen LogP contribution in [-0.2, 0) is 11.3 Å². The Kier molecular flexibility index (Phi) is 5.64. The van der Waals surface area contributed by atoms with Crippen LogP contribution in [0.1, 0.15) is 18.2 Å². The lowest BCUT2D eigenvalue weighted by molar-refractivity contribution is -0.137. The summed E-state index contributed by atoms with van der Waals surface area (Å²) < 4.78 is 0. The number of hydrogen-bond acceptors (Lipinski definition) is 3. The SMILES string of the molecule is CC(CNC(=O)N(C)Cc1cccs1)CC(=O)O. The quantitative estimate of drug-likeness (QED) is 0.830. The van der Waals surface area contributed by atoms with Crippen LogP contribution < -0.4 is 5.32 Å². The smallest absolute Gasteiger partial charge is 0.317 e. The molecule has 1 unspecified atom stereocenters. The van der Waals surface area contributed by atoms with E-state index in [1.54, 1.807) is 30.2 Å². The lowest BCUT2D eigenvalue weighted by Crippen LogP contribution is -2.39.